The van der Waals surface area contributed by atoms with Crippen molar-refractivity contribution in [3.63, 3.8) is 0 Å². The number of hydrogen-bond acceptors (Lipinski definition) is 12. The Morgan fingerprint density at radius 2 is 0.735 bits per heavy atom. The molecule has 0 aromatic carbocycles. The summed E-state index contributed by atoms with van der Waals surface area (Å²) in [6.45, 7) is 0. The summed E-state index contributed by atoms with van der Waals surface area (Å²) in [6.07, 6.45) is -3.59. The molecular formula is C20H32N2O12. The zero-order chi connectivity index (χ0) is 26.4. The van der Waals surface area contributed by atoms with Gasteiger partial charge >= 0.3 is 23.9 Å². The number of ether oxygens (including phenoxy) is 4. The summed E-state index contributed by atoms with van der Waals surface area (Å²) in [4.78, 5) is 69.5. The van der Waals surface area contributed by atoms with Crippen LogP contribution in [0.25, 0.3) is 0 Å². The largest absolute Gasteiger partial charge is 0.469 e. The average Bonchev–Trinajstić information content (AvgIpc) is 2.83. The zero-order valence-corrected chi connectivity index (χ0v) is 19.9. The first-order valence-corrected chi connectivity index (χ1v) is 10.5. The summed E-state index contributed by atoms with van der Waals surface area (Å²) < 4.78 is 18.2. The summed E-state index contributed by atoms with van der Waals surface area (Å²) in [5.74, 6) is -2.88. The highest BCUT2D eigenvalue weighted by atomic mass is 16.6. The van der Waals surface area contributed by atoms with E-state index in [4.69, 9.17) is 0 Å². The lowest BCUT2D eigenvalue weighted by atomic mass is 9.77. The maximum absolute atomic E-state index is 12.1. The number of carbonyl (C=O) groups excluding carboxylic acids is 4. The first-order valence-electron chi connectivity index (χ1n) is 10.5. The SMILES string of the molecule is COC(=O)CCC(CCC(=O)OC)(CCC(CCC(=O)OC)(CCC(=O)OC)[N+](=O)[O-])[N+](=O)[O-]. The van der Waals surface area contributed by atoms with Gasteiger partial charge in [0.25, 0.3) is 0 Å². The molecule has 0 N–H and O–H groups in total. The maximum Gasteiger partial charge on any atom is 0.305 e. The smallest absolute Gasteiger partial charge is 0.305 e. The highest BCUT2D eigenvalue weighted by Gasteiger charge is 2.50. The minimum Gasteiger partial charge on any atom is -0.469 e. The van der Waals surface area contributed by atoms with Crippen LogP contribution in [0.5, 0.6) is 0 Å². The van der Waals surface area contributed by atoms with Crippen LogP contribution in [0.1, 0.15) is 64.2 Å². The van der Waals surface area contributed by atoms with Gasteiger partial charge < -0.3 is 18.9 Å². The van der Waals surface area contributed by atoms with Gasteiger partial charge in [-0.3, -0.25) is 39.4 Å². The van der Waals surface area contributed by atoms with E-state index in [-0.39, 0.29) is 51.4 Å². The van der Waals surface area contributed by atoms with E-state index in [1.807, 2.05) is 0 Å². The lowest BCUT2D eigenvalue weighted by Crippen LogP contribution is -2.45. The standard InChI is InChI=1S/C20H32N2O12/c1-31-15(23)5-9-19(21(27)28,10-6-16(24)32-2)13-14-20(22(29)30,11-7-17(25)33-3)12-8-18(26)34-4/h5-14H2,1-4H3. The van der Waals surface area contributed by atoms with Crippen LogP contribution in [0.3, 0.4) is 0 Å². The fourth-order valence-corrected chi connectivity index (χ4v) is 3.51. The van der Waals surface area contributed by atoms with Crippen LogP contribution in [0.2, 0.25) is 0 Å². The highest BCUT2D eigenvalue weighted by Crippen LogP contribution is 2.37. The molecule has 0 aromatic heterocycles. The second-order valence-electron chi connectivity index (χ2n) is 7.77. The van der Waals surface area contributed by atoms with E-state index in [0.717, 1.165) is 28.4 Å². The quantitative estimate of drug-likeness (QED) is 0.123. The van der Waals surface area contributed by atoms with Gasteiger partial charge in [0.15, 0.2) is 0 Å². The van der Waals surface area contributed by atoms with Crippen molar-refractivity contribution >= 4 is 23.9 Å². The summed E-state index contributed by atoms with van der Waals surface area (Å²) in [5, 5.41) is 24.2. The molecule has 0 aromatic rings. The van der Waals surface area contributed by atoms with Crippen molar-refractivity contribution in [1.29, 1.82) is 0 Å². The maximum atomic E-state index is 12.1. The number of esters is 4. The van der Waals surface area contributed by atoms with Crippen LogP contribution in [0.4, 0.5) is 0 Å². The van der Waals surface area contributed by atoms with E-state index in [0.29, 0.717) is 0 Å². The molecule has 0 radical (unpaired) electrons. The van der Waals surface area contributed by atoms with Gasteiger partial charge in [-0.2, -0.15) is 0 Å². The topological polar surface area (TPSA) is 191 Å². The van der Waals surface area contributed by atoms with E-state index < -0.39 is 57.6 Å². The summed E-state index contributed by atoms with van der Waals surface area (Å²) in [6, 6.07) is 0. The summed E-state index contributed by atoms with van der Waals surface area (Å²) in [5.41, 5.74) is -3.78. The molecule has 0 aliphatic heterocycles. The molecule has 14 heteroatoms. The fraction of sp³-hybridized carbons (Fsp3) is 0.800. The van der Waals surface area contributed by atoms with Crippen LogP contribution in [0.15, 0.2) is 0 Å². The second kappa shape index (κ2) is 14.8. The molecule has 0 unspecified atom stereocenters. The molecule has 0 saturated carbocycles. The van der Waals surface area contributed by atoms with Crippen LogP contribution in [-0.2, 0) is 38.1 Å². The molecule has 34 heavy (non-hydrogen) atoms. The molecule has 0 fully saturated rings. The Balaban J connectivity index is 6.08. The molecule has 0 aliphatic rings. The van der Waals surface area contributed by atoms with Crippen LogP contribution in [-0.4, -0.2) is 73.2 Å². The highest BCUT2D eigenvalue weighted by molar-refractivity contribution is 5.70. The van der Waals surface area contributed by atoms with Crippen LogP contribution < -0.4 is 0 Å². The lowest BCUT2D eigenvalue weighted by molar-refractivity contribution is -0.591. The summed E-state index contributed by atoms with van der Waals surface area (Å²) >= 11 is 0. The second-order valence-corrected chi connectivity index (χ2v) is 7.77. The van der Waals surface area contributed by atoms with E-state index in [2.05, 4.69) is 18.9 Å². The van der Waals surface area contributed by atoms with Gasteiger partial charge in [-0.25, -0.2) is 0 Å². The molecule has 0 bridgehead atoms. The Hall–Kier alpha value is -3.32. The number of rotatable bonds is 17. The Morgan fingerprint density at radius 1 is 0.529 bits per heavy atom. The van der Waals surface area contributed by atoms with Crippen molar-refractivity contribution < 1.29 is 48.0 Å². The van der Waals surface area contributed by atoms with Crippen molar-refractivity contribution in [3.05, 3.63) is 20.2 Å². The minimum atomic E-state index is -1.89. The molecule has 0 aliphatic carbocycles. The van der Waals surface area contributed by atoms with Gasteiger partial charge in [-0.15, -0.1) is 0 Å². The molecule has 0 saturated heterocycles. The Bertz CT molecular complexity index is 650. The van der Waals surface area contributed by atoms with Crippen molar-refractivity contribution in [2.45, 2.75) is 75.3 Å². The molecule has 0 atom stereocenters. The average molecular weight is 492 g/mol. The molecule has 0 amide bonds. The number of nitro groups is 2. The van der Waals surface area contributed by atoms with Gasteiger partial charge in [-0.05, 0) is 0 Å². The molecule has 0 rings (SSSR count). The van der Waals surface area contributed by atoms with Gasteiger partial charge in [0.05, 0.1) is 54.1 Å². The third kappa shape index (κ3) is 9.67. The number of methoxy groups -OCH3 is 4. The van der Waals surface area contributed by atoms with Crippen LogP contribution in [0, 0.1) is 20.2 Å². The number of hydrogen-bond donors (Lipinski definition) is 0. The predicted octanol–water partition coefficient (Wildman–Crippen LogP) is 1.61. The number of nitrogens with zero attached hydrogens (tertiary/aromatic N) is 2. The first kappa shape index (κ1) is 30.7. The lowest BCUT2D eigenvalue weighted by Gasteiger charge is -2.30. The molecule has 14 nitrogen and oxygen atoms in total. The monoisotopic (exact) mass is 492 g/mol. The normalized spacial score (nSPS) is 11.3. The van der Waals surface area contributed by atoms with Crippen molar-refractivity contribution in [2.75, 3.05) is 28.4 Å². The van der Waals surface area contributed by atoms with E-state index in [9.17, 15) is 39.4 Å². The predicted molar refractivity (Wildman–Crippen MR) is 114 cm³/mol. The molecular weight excluding hydrogens is 460 g/mol. The Morgan fingerprint density at radius 3 is 0.882 bits per heavy atom. The van der Waals surface area contributed by atoms with Crippen LogP contribution >= 0.6 is 0 Å². The van der Waals surface area contributed by atoms with Gasteiger partial charge in [0, 0.05) is 48.4 Å². The Labute approximate surface area is 196 Å². The first-order chi connectivity index (χ1) is 15.9. The van der Waals surface area contributed by atoms with E-state index in [1.54, 1.807) is 0 Å². The van der Waals surface area contributed by atoms with E-state index in [1.165, 1.54) is 0 Å². The van der Waals surface area contributed by atoms with Gasteiger partial charge in [0.1, 0.15) is 0 Å². The van der Waals surface area contributed by atoms with Gasteiger partial charge in [0.2, 0.25) is 11.1 Å². The van der Waals surface area contributed by atoms with Crippen molar-refractivity contribution in [1.82, 2.24) is 0 Å². The Kier molecular flexibility index (Phi) is 13.3. The minimum absolute atomic E-state index is 0.342. The van der Waals surface area contributed by atoms with E-state index >= 15 is 0 Å². The molecule has 0 spiro atoms. The fourth-order valence-electron chi connectivity index (χ4n) is 3.51. The molecule has 0 heterocycles. The third-order valence-electron chi connectivity index (χ3n) is 5.92. The number of carbonyl (C=O) groups is 4. The third-order valence-corrected chi connectivity index (χ3v) is 5.92. The zero-order valence-electron chi connectivity index (χ0n) is 19.9. The van der Waals surface area contributed by atoms with Crippen molar-refractivity contribution in [2.24, 2.45) is 0 Å². The van der Waals surface area contributed by atoms with Crippen molar-refractivity contribution in [3.8, 4) is 0 Å². The summed E-state index contributed by atoms with van der Waals surface area (Å²) in [7, 11) is 4.45. The van der Waals surface area contributed by atoms with Gasteiger partial charge in [-0.1, -0.05) is 0 Å². The molecule has 194 valence electrons.